The van der Waals surface area contributed by atoms with Crippen LogP contribution in [0.3, 0.4) is 0 Å². The summed E-state index contributed by atoms with van der Waals surface area (Å²) in [5.74, 6) is 0.310. The molecule has 3 aromatic rings. The van der Waals surface area contributed by atoms with Crippen molar-refractivity contribution in [3.05, 3.63) is 76.8 Å². The Morgan fingerprint density at radius 3 is 2.48 bits per heavy atom. The largest absolute Gasteiger partial charge is 0.336 e. The lowest BCUT2D eigenvalue weighted by Crippen LogP contribution is -2.16. The van der Waals surface area contributed by atoms with E-state index in [2.05, 4.69) is 36.3 Å². The van der Waals surface area contributed by atoms with E-state index in [4.69, 9.17) is 12.2 Å². The van der Waals surface area contributed by atoms with Gasteiger partial charge in [0.05, 0.1) is 0 Å². The number of nitrogens with zero attached hydrogens (tertiary/aromatic N) is 1. The van der Waals surface area contributed by atoms with E-state index in [-0.39, 0.29) is 5.91 Å². The van der Waals surface area contributed by atoms with Crippen LogP contribution < -0.4 is 5.32 Å². The molecular formula is C20H21N3OS. The average Bonchev–Trinajstić information content (AvgIpc) is 3.04. The van der Waals surface area contributed by atoms with E-state index in [1.807, 2.05) is 42.5 Å². The molecule has 0 aliphatic heterocycles. The Morgan fingerprint density at radius 2 is 1.84 bits per heavy atom. The van der Waals surface area contributed by atoms with Crippen LogP contribution in [0.2, 0.25) is 0 Å². The van der Waals surface area contributed by atoms with E-state index in [0.29, 0.717) is 16.4 Å². The average molecular weight is 351 g/mol. The van der Waals surface area contributed by atoms with Gasteiger partial charge in [0.25, 0.3) is 5.91 Å². The lowest BCUT2D eigenvalue weighted by molar-refractivity contribution is 0.102. The molecule has 2 aromatic carbocycles. The van der Waals surface area contributed by atoms with Crippen molar-refractivity contribution in [1.29, 1.82) is 0 Å². The first kappa shape index (κ1) is 17.2. The predicted molar refractivity (Wildman–Crippen MR) is 104 cm³/mol. The van der Waals surface area contributed by atoms with Gasteiger partial charge in [-0.15, -0.1) is 0 Å². The van der Waals surface area contributed by atoms with Gasteiger partial charge in [-0.2, -0.15) is 0 Å². The number of hydrogen-bond donors (Lipinski definition) is 2. The van der Waals surface area contributed by atoms with Gasteiger partial charge in [0.15, 0.2) is 4.77 Å². The third-order valence-electron chi connectivity index (χ3n) is 4.37. The van der Waals surface area contributed by atoms with Crippen molar-refractivity contribution in [3.63, 3.8) is 0 Å². The smallest absolute Gasteiger partial charge is 0.274 e. The van der Waals surface area contributed by atoms with Crippen LogP contribution in [0, 0.1) is 4.77 Å². The van der Waals surface area contributed by atoms with E-state index in [9.17, 15) is 4.79 Å². The van der Waals surface area contributed by atoms with Crippen molar-refractivity contribution in [3.8, 4) is 5.69 Å². The summed E-state index contributed by atoms with van der Waals surface area (Å²) in [6.07, 6.45) is 2.73. The van der Waals surface area contributed by atoms with Gasteiger partial charge in [0.2, 0.25) is 0 Å². The van der Waals surface area contributed by atoms with Crippen molar-refractivity contribution in [2.24, 2.45) is 0 Å². The number of hydrogen-bond acceptors (Lipinski definition) is 2. The number of rotatable bonds is 5. The highest BCUT2D eigenvalue weighted by atomic mass is 32.1. The molecule has 128 valence electrons. The van der Waals surface area contributed by atoms with E-state index in [0.717, 1.165) is 17.8 Å². The summed E-state index contributed by atoms with van der Waals surface area (Å²) >= 11 is 5.33. The predicted octanol–water partition coefficient (Wildman–Crippen LogP) is 5.30. The Kier molecular flexibility index (Phi) is 5.14. The zero-order valence-corrected chi connectivity index (χ0v) is 15.1. The summed E-state index contributed by atoms with van der Waals surface area (Å²) in [6.45, 7) is 4.36. The Hall–Kier alpha value is -2.66. The number of aromatic amines is 1. The zero-order valence-electron chi connectivity index (χ0n) is 14.3. The summed E-state index contributed by atoms with van der Waals surface area (Å²) in [4.78, 5) is 15.6. The number of imidazole rings is 1. The van der Waals surface area contributed by atoms with Gasteiger partial charge in [0, 0.05) is 17.6 Å². The highest BCUT2D eigenvalue weighted by molar-refractivity contribution is 7.71. The van der Waals surface area contributed by atoms with Gasteiger partial charge < -0.3 is 10.3 Å². The monoisotopic (exact) mass is 351 g/mol. The van der Waals surface area contributed by atoms with Gasteiger partial charge >= 0.3 is 0 Å². The maximum Gasteiger partial charge on any atom is 0.274 e. The normalized spacial score (nSPS) is 11.9. The van der Waals surface area contributed by atoms with E-state index in [1.54, 1.807) is 10.8 Å². The Morgan fingerprint density at radius 1 is 1.16 bits per heavy atom. The van der Waals surface area contributed by atoms with Crippen LogP contribution in [0.4, 0.5) is 5.69 Å². The molecule has 0 spiro atoms. The minimum absolute atomic E-state index is 0.201. The second-order valence-electron chi connectivity index (χ2n) is 6.04. The lowest BCUT2D eigenvalue weighted by atomic mass is 9.99. The third kappa shape index (κ3) is 3.72. The maximum absolute atomic E-state index is 12.7. The van der Waals surface area contributed by atoms with Crippen molar-refractivity contribution >= 4 is 23.8 Å². The fourth-order valence-electron chi connectivity index (χ4n) is 2.69. The fraction of sp³-hybridized carbons (Fsp3) is 0.200. The number of para-hydroxylation sites is 1. The van der Waals surface area contributed by atoms with Crippen LogP contribution in [0.15, 0.2) is 60.8 Å². The van der Waals surface area contributed by atoms with Gasteiger partial charge in [-0.3, -0.25) is 9.36 Å². The second kappa shape index (κ2) is 7.49. The first-order valence-electron chi connectivity index (χ1n) is 8.37. The highest BCUT2D eigenvalue weighted by Crippen LogP contribution is 2.21. The molecule has 3 rings (SSSR count). The molecule has 0 radical (unpaired) electrons. The molecule has 2 N–H and O–H groups in total. The van der Waals surface area contributed by atoms with Crippen molar-refractivity contribution < 1.29 is 4.79 Å². The molecule has 0 aliphatic rings. The summed E-state index contributed by atoms with van der Waals surface area (Å²) in [6, 6.07) is 17.6. The van der Waals surface area contributed by atoms with Crippen LogP contribution in [-0.2, 0) is 0 Å². The van der Waals surface area contributed by atoms with Crippen molar-refractivity contribution in [2.45, 2.75) is 26.2 Å². The first-order chi connectivity index (χ1) is 12.1. The number of amides is 1. The van der Waals surface area contributed by atoms with Gasteiger partial charge in [0.1, 0.15) is 5.69 Å². The molecule has 5 heteroatoms. The molecule has 0 unspecified atom stereocenters. The van der Waals surface area contributed by atoms with Crippen LogP contribution in [0.25, 0.3) is 5.69 Å². The molecule has 0 aliphatic carbocycles. The second-order valence-corrected chi connectivity index (χ2v) is 6.42. The van der Waals surface area contributed by atoms with Crippen LogP contribution in [0.1, 0.15) is 42.2 Å². The quantitative estimate of drug-likeness (QED) is 0.613. The molecule has 4 nitrogen and oxygen atoms in total. The van der Waals surface area contributed by atoms with E-state index in [1.165, 1.54) is 5.56 Å². The summed E-state index contributed by atoms with van der Waals surface area (Å²) < 4.78 is 2.22. The molecule has 0 saturated heterocycles. The fourth-order valence-corrected chi connectivity index (χ4v) is 2.96. The molecule has 0 fully saturated rings. The standard InChI is InChI=1S/C20H21N3OS/c1-3-14(2)15-9-11-16(12-10-15)22-19(24)18-13-21-20(25)23(18)17-7-5-4-6-8-17/h4-14H,3H2,1-2H3,(H,21,25)(H,22,24)/t14-/m1/s1. The minimum Gasteiger partial charge on any atom is -0.336 e. The number of carbonyl (C=O) groups excluding carboxylic acids is 1. The van der Waals surface area contributed by atoms with Gasteiger partial charge in [-0.25, -0.2) is 0 Å². The Bertz CT molecular complexity index is 910. The number of aromatic nitrogens is 2. The SMILES string of the molecule is CC[C@@H](C)c1ccc(NC(=O)c2c[nH]c(=S)n2-c2ccccc2)cc1. The third-order valence-corrected chi connectivity index (χ3v) is 4.67. The molecule has 25 heavy (non-hydrogen) atoms. The number of anilines is 1. The molecular weight excluding hydrogens is 330 g/mol. The number of benzene rings is 2. The molecule has 1 atom stereocenters. The minimum atomic E-state index is -0.201. The summed E-state index contributed by atoms with van der Waals surface area (Å²) in [5.41, 5.74) is 3.37. The molecule has 1 amide bonds. The Labute approximate surface area is 152 Å². The zero-order chi connectivity index (χ0) is 17.8. The lowest BCUT2D eigenvalue weighted by Gasteiger charge is -2.11. The molecule has 1 aromatic heterocycles. The number of carbonyl (C=O) groups is 1. The molecule has 0 bridgehead atoms. The summed E-state index contributed by atoms with van der Waals surface area (Å²) in [5, 5.41) is 2.94. The van der Waals surface area contributed by atoms with Gasteiger partial charge in [-0.05, 0) is 54.4 Å². The number of nitrogens with one attached hydrogen (secondary N) is 2. The number of H-pyrrole nitrogens is 1. The van der Waals surface area contributed by atoms with E-state index < -0.39 is 0 Å². The van der Waals surface area contributed by atoms with Crippen LogP contribution >= 0.6 is 12.2 Å². The first-order valence-corrected chi connectivity index (χ1v) is 8.78. The molecule has 0 saturated carbocycles. The Balaban J connectivity index is 1.84. The summed E-state index contributed by atoms with van der Waals surface area (Å²) in [7, 11) is 0. The van der Waals surface area contributed by atoms with Crippen molar-refractivity contribution in [1.82, 2.24) is 9.55 Å². The van der Waals surface area contributed by atoms with E-state index >= 15 is 0 Å². The topological polar surface area (TPSA) is 49.8 Å². The van der Waals surface area contributed by atoms with Gasteiger partial charge in [-0.1, -0.05) is 44.2 Å². The highest BCUT2D eigenvalue weighted by Gasteiger charge is 2.14. The van der Waals surface area contributed by atoms with Crippen molar-refractivity contribution in [2.75, 3.05) is 5.32 Å². The van der Waals surface area contributed by atoms with Crippen LogP contribution in [0.5, 0.6) is 0 Å². The maximum atomic E-state index is 12.7. The van der Waals surface area contributed by atoms with Crippen LogP contribution in [-0.4, -0.2) is 15.5 Å². The molecule has 1 heterocycles.